The molecule has 1 saturated heterocycles. The molecule has 0 aromatic heterocycles. The summed E-state index contributed by atoms with van der Waals surface area (Å²) in [7, 11) is -3.24. The van der Waals surface area contributed by atoms with Crippen LogP contribution < -0.4 is 5.73 Å². The van der Waals surface area contributed by atoms with Crippen molar-refractivity contribution in [3.63, 3.8) is 0 Å². The summed E-state index contributed by atoms with van der Waals surface area (Å²) in [5.74, 6) is -0.375. The van der Waals surface area contributed by atoms with Crippen molar-refractivity contribution in [2.24, 2.45) is 5.73 Å². The van der Waals surface area contributed by atoms with Crippen molar-refractivity contribution in [2.45, 2.75) is 31.6 Å². The van der Waals surface area contributed by atoms with E-state index in [1.54, 1.807) is 20.8 Å². The molecule has 0 aliphatic carbocycles. The van der Waals surface area contributed by atoms with Crippen LogP contribution in [0.15, 0.2) is 0 Å². The zero-order valence-electron chi connectivity index (χ0n) is 9.76. The van der Waals surface area contributed by atoms with Crippen LogP contribution in [0.4, 0.5) is 4.79 Å². The molecule has 1 heterocycles. The van der Waals surface area contributed by atoms with Gasteiger partial charge in [0.15, 0.2) is 9.84 Å². The van der Waals surface area contributed by atoms with E-state index in [9.17, 15) is 13.2 Å². The molecular formula is C9H18N2O4S. The van der Waals surface area contributed by atoms with Gasteiger partial charge in [0.2, 0.25) is 0 Å². The number of carbonyl (C=O) groups is 1. The molecule has 0 saturated carbocycles. The maximum Gasteiger partial charge on any atom is 0.410 e. The molecule has 1 rings (SSSR count). The lowest BCUT2D eigenvalue weighted by Gasteiger charge is -2.38. The van der Waals surface area contributed by atoms with Crippen LogP contribution in [0.1, 0.15) is 20.8 Å². The highest BCUT2D eigenvalue weighted by Gasteiger charge is 2.40. The van der Waals surface area contributed by atoms with E-state index in [-0.39, 0.29) is 19.0 Å². The van der Waals surface area contributed by atoms with Crippen molar-refractivity contribution in [1.29, 1.82) is 0 Å². The van der Waals surface area contributed by atoms with Crippen LogP contribution in [-0.2, 0) is 14.6 Å². The van der Waals surface area contributed by atoms with Crippen LogP contribution in [-0.4, -0.2) is 49.2 Å². The van der Waals surface area contributed by atoms with Gasteiger partial charge in [-0.05, 0) is 20.8 Å². The van der Waals surface area contributed by atoms with Gasteiger partial charge in [0.05, 0.1) is 11.1 Å². The fraction of sp³-hybridized carbons (Fsp3) is 0.889. The van der Waals surface area contributed by atoms with E-state index < -0.39 is 26.8 Å². The summed E-state index contributed by atoms with van der Waals surface area (Å²) in [5, 5.41) is -0.537. The highest BCUT2D eigenvalue weighted by molar-refractivity contribution is 7.92. The molecule has 0 aromatic rings. The maximum absolute atomic E-state index is 11.5. The van der Waals surface area contributed by atoms with Crippen LogP contribution in [0.3, 0.4) is 0 Å². The van der Waals surface area contributed by atoms with E-state index in [0.717, 1.165) is 0 Å². The van der Waals surface area contributed by atoms with Gasteiger partial charge in [-0.3, -0.25) is 0 Å². The number of rotatable bonds is 2. The second kappa shape index (κ2) is 4.21. The van der Waals surface area contributed by atoms with Gasteiger partial charge in [0, 0.05) is 13.1 Å². The number of amides is 1. The standard InChI is InChI=1S/C9H18N2O4S/c1-9(2,3)15-8(12)11-4-7(5-11)16(13,14)6-10/h7H,4-6,10H2,1-3H3. The molecule has 1 amide bonds. The molecule has 1 aliphatic heterocycles. The summed E-state index contributed by atoms with van der Waals surface area (Å²) in [6, 6.07) is 0. The van der Waals surface area contributed by atoms with E-state index >= 15 is 0 Å². The topological polar surface area (TPSA) is 89.7 Å². The van der Waals surface area contributed by atoms with Gasteiger partial charge in [-0.1, -0.05) is 0 Å². The summed E-state index contributed by atoms with van der Waals surface area (Å²) in [6.07, 6.45) is -0.476. The van der Waals surface area contributed by atoms with Gasteiger partial charge >= 0.3 is 6.09 Å². The zero-order chi connectivity index (χ0) is 12.6. The van der Waals surface area contributed by atoms with Crippen molar-refractivity contribution in [1.82, 2.24) is 4.90 Å². The second-order valence-electron chi connectivity index (χ2n) is 4.84. The highest BCUT2D eigenvalue weighted by Crippen LogP contribution is 2.19. The largest absolute Gasteiger partial charge is 0.444 e. The fourth-order valence-electron chi connectivity index (χ4n) is 1.28. The van der Waals surface area contributed by atoms with Gasteiger partial charge in [-0.25, -0.2) is 13.2 Å². The zero-order valence-corrected chi connectivity index (χ0v) is 10.6. The number of nitrogens with two attached hydrogens (primary N) is 1. The Bertz CT molecular complexity index is 365. The fourth-order valence-corrected chi connectivity index (χ4v) is 2.36. The average Bonchev–Trinajstić information content (AvgIpc) is 1.96. The molecule has 0 bridgehead atoms. The lowest BCUT2D eigenvalue weighted by Crippen LogP contribution is -2.58. The maximum atomic E-state index is 11.5. The van der Waals surface area contributed by atoms with Gasteiger partial charge in [0.25, 0.3) is 0 Å². The number of nitrogens with zero attached hydrogens (tertiary/aromatic N) is 1. The van der Waals surface area contributed by atoms with Gasteiger partial charge in [-0.2, -0.15) is 0 Å². The van der Waals surface area contributed by atoms with Crippen LogP contribution >= 0.6 is 0 Å². The third-order valence-electron chi connectivity index (χ3n) is 2.24. The molecule has 0 spiro atoms. The first-order valence-electron chi connectivity index (χ1n) is 5.05. The number of sulfone groups is 1. The molecule has 0 unspecified atom stereocenters. The van der Waals surface area contributed by atoms with Gasteiger partial charge in [0.1, 0.15) is 5.60 Å². The Hall–Kier alpha value is -0.820. The summed E-state index contributed by atoms with van der Waals surface area (Å²) in [6.45, 7) is 5.64. The molecule has 16 heavy (non-hydrogen) atoms. The molecule has 7 heteroatoms. The number of hydrogen-bond donors (Lipinski definition) is 1. The molecule has 6 nitrogen and oxygen atoms in total. The first-order valence-corrected chi connectivity index (χ1v) is 6.77. The summed E-state index contributed by atoms with van der Waals surface area (Å²) in [5.41, 5.74) is 4.56. The van der Waals surface area contributed by atoms with Crippen molar-refractivity contribution in [3.05, 3.63) is 0 Å². The minimum Gasteiger partial charge on any atom is -0.444 e. The van der Waals surface area contributed by atoms with Crippen molar-refractivity contribution in [3.8, 4) is 0 Å². The predicted octanol–water partition coefficient (Wildman–Crippen LogP) is -0.0633. The molecular weight excluding hydrogens is 232 g/mol. The Labute approximate surface area is 95.7 Å². The molecule has 0 aromatic carbocycles. The number of ether oxygens (including phenoxy) is 1. The second-order valence-corrected chi connectivity index (χ2v) is 7.16. The van der Waals surface area contributed by atoms with E-state index in [0.29, 0.717) is 0 Å². The molecule has 1 fully saturated rings. The Morgan fingerprint density at radius 1 is 1.44 bits per heavy atom. The molecule has 2 N–H and O–H groups in total. The van der Waals surface area contributed by atoms with Gasteiger partial charge in [-0.15, -0.1) is 0 Å². The third kappa shape index (κ3) is 3.08. The SMILES string of the molecule is CC(C)(C)OC(=O)N1CC(S(=O)(=O)CN)C1. The number of carbonyl (C=O) groups excluding carboxylic acids is 1. The van der Waals surface area contributed by atoms with Crippen molar-refractivity contribution >= 4 is 15.9 Å². The molecule has 1 aliphatic rings. The summed E-state index contributed by atoms with van der Waals surface area (Å²) < 4.78 is 27.8. The van der Waals surface area contributed by atoms with Crippen LogP contribution in [0.2, 0.25) is 0 Å². The lowest BCUT2D eigenvalue weighted by atomic mass is 10.2. The number of hydrogen-bond acceptors (Lipinski definition) is 5. The highest BCUT2D eigenvalue weighted by atomic mass is 32.2. The van der Waals surface area contributed by atoms with Gasteiger partial charge < -0.3 is 15.4 Å². The third-order valence-corrected chi connectivity index (χ3v) is 4.02. The Morgan fingerprint density at radius 2 is 1.94 bits per heavy atom. The average molecular weight is 250 g/mol. The Balaban J connectivity index is 2.45. The van der Waals surface area contributed by atoms with Crippen LogP contribution in [0.5, 0.6) is 0 Å². The summed E-state index contributed by atoms with van der Waals surface area (Å²) >= 11 is 0. The minimum atomic E-state index is -3.24. The lowest BCUT2D eigenvalue weighted by molar-refractivity contribution is 0.0139. The monoisotopic (exact) mass is 250 g/mol. The first-order chi connectivity index (χ1) is 7.15. The van der Waals surface area contributed by atoms with Crippen LogP contribution in [0.25, 0.3) is 0 Å². The predicted molar refractivity (Wildman–Crippen MR) is 59.6 cm³/mol. The van der Waals surface area contributed by atoms with Crippen molar-refractivity contribution in [2.75, 3.05) is 19.0 Å². The Kier molecular flexibility index (Phi) is 3.49. The first kappa shape index (κ1) is 13.2. The molecule has 0 atom stereocenters. The van der Waals surface area contributed by atoms with E-state index in [4.69, 9.17) is 10.5 Å². The quantitative estimate of drug-likeness (QED) is 0.741. The Morgan fingerprint density at radius 3 is 2.31 bits per heavy atom. The van der Waals surface area contributed by atoms with E-state index in [1.807, 2.05) is 0 Å². The van der Waals surface area contributed by atoms with E-state index in [1.165, 1.54) is 4.90 Å². The molecule has 0 radical (unpaired) electrons. The summed E-state index contributed by atoms with van der Waals surface area (Å²) in [4.78, 5) is 12.8. The normalized spacial score (nSPS) is 18.1. The van der Waals surface area contributed by atoms with Crippen LogP contribution in [0, 0.1) is 0 Å². The minimum absolute atomic E-state index is 0.175. The van der Waals surface area contributed by atoms with Crippen molar-refractivity contribution < 1.29 is 17.9 Å². The van der Waals surface area contributed by atoms with E-state index in [2.05, 4.69) is 0 Å². The molecule has 94 valence electrons. The number of likely N-dealkylation sites (tertiary alicyclic amines) is 1. The smallest absolute Gasteiger partial charge is 0.410 e.